The predicted octanol–water partition coefficient (Wildman–Crippen LogP) is 4.73. The molecule has 0 aromatic heterocycles. The maximum atomic E-state index is 12.9. The van der Waals surface area contributed by atoms with Crippen molar-refractivity contribution in [3.05, 3.63) is 34.9 Å². The molecule has 1 heterocycles. The Morgan fingerprint density at radius 1 is 1.10 bits per heavy atom. The van der Waals surface area contributed by atoms with Gasteiger partial charge in [-0.05, 0) is 47.8 Å². The Morgan fingerprint density at radius 3 is 2.24 bits per heavy atom. The summed E-state index contributed by atoms with van der Waals surface area (Å²) in [5, 5.41) is 0. The summed E-state index contributed by atoms with van der Waals surface area (Å²) >= 11 is 0. The fourth-order valence-corrected chi connectivity index (χ4v) is 3.00. The third-order valence-corrected chi connectivity index (χ3v) is 4.39. The molecule has 0 spiro atoms. The molecule has 0 N–H and O–H groups in total. The zero-order valence-corrected chi connectivity index (χ0v) is 14.2. The molecule has 116 valence electrons. The molecule has 21 heavy (non-hydrogen) atoms. The standard InChI is InChI=1S/C19H29NO/c1-14(2)15-9-10-16(17(13-15)19(3,4)5)18(21)20-11-7-6-8-12-20/h9-10,13-14H,6-8,11-12H2,1-5H3. The third-order valence-electron chi connectivity index (χ3n) is 4.39. The summed E-state index contributed by atoms with van der Waals surface area (Å²) in [5.41, 5.74) is 3.39. The number of nitrogens with zero attached hydrogens (tertiary/aromatic N) is 1. The topological polar surface area (TPSA) is 20.3 Å². The Balaban J connectivity index is 2.39. The van der Waals surface area contributed by atoms with Gasteiger partial charge in [0.05, 0.1) is 0 Å². The van der Waals surface area contributed by atoms with E-state index in [4.69, 9.17) is 0 Å². The van der Waals surface area contributed by atoms with E-state index in [2.05, 4.69) is 46.8 Å². The molecule has 0 bridgehead atoms. The fourth-order valence-electron chi connectivity index (χ4n) is 3.00. The first-order valence-corrected chi connectivity index (χ1v) is 8.24. The van der Waals surface area contributed by atoms with Crippen molar-refractivity contribution in [2.45, 2.75) is 65.2 Å². The van der Waals surface area contributed by atoms with Crippen LogP contribution >= 0.6 is 0 Å². The van der Waals surface area contributed by atoms with Crippen LogP contribution in [0.25, 0.3) is 0 Å². The molecule has 0 atom stereocenters. The number of likely N-dealkylation sites (tertiary alicyclic amines) is 1. The van der Waals surface area contributed by atoms with Crippen molar-refractivity contribution in [2.24, 2.45) is 0 Å². The molecular weight excluding hydrogens is 258 g/mol. The van der Waals surface area contributed by atoms with E-state index < -0.39 is 0 Å². The number of carbonyl (C=O) groups is 1. The maximum absolute atomic E-state index is 12.9. The first kappa shape index (κ1) is 16.1. The zero-order valence-electron chi connectivity index (χ0n) is 14.2. The monoisotopic (exact) mass is 287 g/mol. The van der Waals surface area contributed by atoms with Crippen LogP contribution in [0.5, 0.6) is 0 Å². The van der Waals surface area contributed by atoms with Crippen LogP contribution in [0.15, 0.2) is 18.2 Å². The van der Waals surface area contributed by atoms with Crippen LogP contribution in [0.3, 0.4) is 0 Å². The fraction of sp³-hybridized carbons (Fsp3) is 0.632. The normalized spacial score (nSPS) is 16.4. The van der Waals surface area contributed by atoms with E-state index in [1.807, 2.05) is 11.0 Å². The molecule has 1 aliphatic heterocycles. The van der Waals surface area contributed by atoms with Gasteiger partial charge in [0.15, 0.2) is 0 Å². The Kier molecular flexibility index (Phi) is 4.75. The van der Waals surface area contributed by atoms with E-state index in [-0.39, 0.29) is 11.3 Å². The van der Waals surface area contributed by atoms with Gasteiger partial charge in [-0.15, -0.1) is 0 Å². The van der Waals surface area contributed by atoms with E-state index >= 15 is 0 Å². The number of hydrogen-bond donors (Lipinski definition) is 0. The van der Waals surface area contributed by atoms with Gasteiger partial charge in [-0.25, -0.2) is 0 Å². The molecule has 0 unspecified atom stereocenters. The molecule has 1 amide bonds. The van der Waals surface area contributed by atoms with Crippen molar-refractivity contribution in [2.75, 3.05) is 13.1 Å². The first-order valence-electron chi connectivity index (χ1n) is 8.24. The minimum Gasteiger partial charge on any atom is -0.339 e. The average molecular weight is 287 g/mol. The Labute approximate surface area is 129 Å². The van der Waals surface area contributed by atoms with Crippen molar-refractivity contribution < 1.29 is 4.79 Å². The van der Waals surface area contributed by atoms with Crippen LogP contribution in [0.2, 0.25) is 0 Å². The third kappa shape index (κ3) is 3.66. The van der Waals surface area contributed by atoms with Gasteiger partial charge in [-0.1, -0.05) is 46.8 Å². The summed E-state index contributed by atoms with van der Waals surface area (Å²) in [7, 11) is 0. The second-order valence-electron chi connectivity index (χ2n) is 7.56. The molecule has 1 aromatic rings. The first-order chi connectivity index (χ1) is 9.80. The van der Waals surface area contributed by atoms with Crippen LogP contribution < -0.4 is 0 Å². The van der Waals surface area contributed by atoms with Crippen LogP contribution in [-0.2, 0) is 5.41 Å². The molecule has 2 nitrogen and oxygen atoms in total. The highest BCUT2D eigenvalue weighted by Crippen LogP contribution is 2.30. The molecule has 1 aliphatic rings. The van der Waals surface area contributed by atoms with Gasteiger partial charge in [-0.3, -0.25) is 4.79 Å². The van der Waals surface area contributed by atoms with Gasteiger partial charge < -0.3 is 4.90 Å². The lowest BCUT2D eigenvalue weighted by atomic mass is 9.81. The molecule has 2 heteroatoms. The second kappa shape index (κ2) is 6.21. The molecule has 1 aromatic carbocycles. The summed E-state index contributed by atoms with van der Waals surface area (Å²) in [6.07, 6.45) is 3.53. The average Bonchev–Trinajstić information content (AvgIpc) is 2.46. The van der Waals surface area contributed by atoms with Gasteiger partial charge >= 0.3 is 0 Å². The van der Waals surface area contributed by atoms with Gasteiger partial charge in [0.25, 0.3) is 5.91 Å². The molecular formula is C19H29NO. The number of piperidine rings is 1. The van der Waals surface area contributed by atoms with Crippen LogP contribution in [-0.4, -0.2) is 23.9 Å². The SMILES string of the molecule is CC(C)c1ccc(C(=O)N2CCCCC2)c(C(C)(C)C)c1. The van der Waals surface area contributed by atoms with Gasteiger partial charge in [0, 0.05) is 18.7 Å². The highest BCUT2D eigenvalue weighted by molar-refractivity contribution is 5.96. The summed E-state index contributed by atoms with van der Waals surface area (Å²) in [6.45, 7) is 12.8. The summed E-state index contributed by atoms with van der Waals surface area (Å²) < 4.78 is 0. The van der Waals surface area contributed by atoms with Gasteiger partial charge in [0.1, 0.15) is 0 Å². The van der Waals surface area contributed by atoms with Crippen molar-refractivity contribution >= 4 is 5.91 Å². The van der Waals surface area contributed by atoms with Crippen molar-refractivity contribution in [3.8, 4) is 0 Å². The largest absolute Gasteiger partial charge is 0.339 e. The van der Waals surface area contributed by atoms with Crippen molar-refractivity contribution in [3.63, 3.8) is 0 Å². The second-order valence-corrected chi connectivity index (χ2v) is 7.56. The molecule has 2 rings (SSSR count). The maximum Gasteiger partial charge on any atom is 0.254 e. The van der Waals surface area contributed by atoms with E-state index in [1.54, 1.807) is 0 Å². The van der Waals surface area contributed by atoms with Crippen LogP contribution in [0, 0.1) is 0 Å². The van der Waals surface area contributed by atoms with Crippen LogP contribution in [0.1, 0.15) is 81.3 Å². The van der Waals surface area contributed by atoms with E-state index in [9.17, 15) is 4.79 Å². The lowest BCUT2D eigenvalue weighted by Gasteiger charge is -2.30. The molecule has 0 saturated carbocycles. The lowest BCUT2D eigenvalue weighted by Crippen LogP contribution is -2.37. The van der Waals surface area contributed by atoms with Crippen LogP contribution in [0.4, 0.5) is 0 Å². The van der Waals surface area contributed by atoms with E-state index in [1.165, 1.54) is 17.5 Å². The summed E-state index contributed by atoms with van der Waals surface area (Å²) in [6, 6.07) is 6.41. The summed E-state index contributed by atoms with van der Waals surface area (Å²) in [5.74, 6) is 0.708. The Hall–Kier alpha value is -1.31. The van der Waals surface area contributed by atoms with E-state index in [0.29, 0.717) is 5.92 Å². The molecule has 1 fully saturated rings. The predicted molar refractivity (Wildman–Crippen MR) is 89.0 cm³/mol. The number of benzene rings is 1. The van der Waals surface area contributed by atoms with Crippen molar-refractivity contribution in [1.29, 1.82) is 0 Å². The minimum atomic E-state index is -0.00825. The Morgan fingerprint density at radius 2 is 1.71 bits per heavy atom. The molecule has 0 radical (unpaired) electrons. The number of rotatable bonds is 2. The quantitative estimate of drug-likeness (QED) is 0.769. The minimum absolute atomic E-state index is 0.00825. The molecule has 0 aliphatic carbocycles. The van der Waals surface area contributed by atoms with E-state index in [0.717, 1.165) is 31.5 Å². The highest BCUT2D eigenvalue weighted by Gasteiger charge is 2.26. The Bertz CT molecular complexity index is 505. The highest BCUT2D eigenvalue weighted by atomic mass is 16.2. The van der Waals surface area contributed by atoms with Crippen molar-refractivity contribution in [1.82, 2.24) is 4.90 Å². The zero-order chi connectivity index (χ0) is 15.6. The molecule has 1 saturated heterocycles. The number of amides is 1. The lowest BCUT2D eigenvalue weighted by molar-refractivity contribution is 0.0722. The summed E-state index contributed by atoms with van der Waals surface area (Å²) in [4.78, 5) is 14.9. The number of carbonyl (C=O) groups excluding carboxylic acids is 1. The van der Waals surface area contributed by atoms with Gasteiger partial charge in [-0.2, -0.15) is 0 Å². The number of hydrogen-bond acceptors (Lipinski definition) is 1. The smallest absolute Gasteiger partial charge is 0.254 e. The van der Waals surface area contributed by atoms with Gasteiger partial charge in [0.2, 0.25) is 0 Å².